The first-order chi connectivity index (χ1) is 53.9. The van der Waals surface area contributed by atoms with E-state index in [0.717, 1.165) is 0 Å². The van der Waals surface area contributed by atoms with Gasteiger partial charge < -0.3 is 71.1 Å². The zero-order valence-electron chi connectivity index (χ0n) is 60.6. The molecule has 25 heteroatoms. The van der Waals surface area contributed by atoms with Gasteiger partial charge in [0.25, 0.3) is 0 Å². The summed E-state index contributed by atoms with van der Waals surface area (Å²) in [7, 11) is -1.90. The Morgan fingerprint density at radius 2 is 0.550 bits per heavy atom. The molecule has 24 nitrogen and oxygen atoms in total. The summed E-state index contributed by atoms with van der Waals surface area (Å²) in [5.41, 5.74) is 0.450. The fraction of sp³-hybridized carbons (Fsp3) is 0.267. The van der Waals surface area contributed by atoms with Gasteiger partial charge in [0.1, 0.15) is 56.4 Å². The van der Waals surface area contributed by atoms with E-state index in [0.29, 0.717) is 6.04 Å². The highest BCUT2D eigenvalue weighted by molar-refractivity contribution is 6.76. The molecule has 0 spiro atoms. The average Bonchev–Trinajstić information content (AvgIpc) is 0.768. The van der Waals surface area contributed by atoms with Crippen molar-refractivity contribution >= 4 is 61.8 Å². The Morgan fingerprint density at radius 1 is 0.288 bits per heavy atom. The average molecular weight is 1530 g/mol. The van der Waals surface area contributed by atoms with Gasteiger partial charge in [0.2, 0.25) is 0 Å². The van der Waals surface area contributed by atoms with Crippen LogP contribution in [0.25, 0.3) is 0 Å². The lowest BCUT2D eigenvalue weighted by atomic mass is 9.96. The Labute approximate surface area is 640 Å². The standard InChI is InChI=1S/C86H80O24Si/c1-111(2,3)50-49-96-85-74(108-83(94)62-45-27-11-28-46-62)72(106-81(92)60-41-23-9-24-42-60)70(66(102-85)53-98-77(88)56-33-15-5-16-34-56)104-68-51-64(101-79(90)58-37-19-7-20-38-58)69(65(100-68)52-97-76(87)55-31-13-4-14-32-55)110-86-75(109-84(95)63-47-29-12-30-48-63)73(107-82(93)61-43-25-10-26-44-61)71(105-80(91)59-39-21-8-22-40-59)67(103-86)54-99-78(89)57-35-17-6-18-36-57/h4-48,64-75,85-86H,49-54H2,1-3H3/t64-,65-,66-,67-,68+,69-,70-,71+,72+,73+,74-,75-,85-,86-/m1/s1. The first kappa shape index (κ1) is 78.8. The van der Waals surface area contributed by atoms with Crippen LogP contribution in [0.15, 0.2) is 273 Å². The Kier molecular flexibility index (Phi) is 27.0. The highest BCUT2D eigenvalue weighted by Crippen LogP contribution is 2.39. The van der Waals surface area contributed by atoms with Gasteiger partial charge in [-0.3, -0.25) is 0 Å². The first-order valence-electron chi connectivity index (χ1n) is 36.0. The number of carbonyl (C=O) groups excluding carboxylic acids is 9. The van der Waals surface area contributed by atoms with Crippen molar-refractivity contribution in [2.75, 3.05) is 26.4 Å². The van der Waals surface area contributed by atoms with Crippen LogP contribution in [0.2, 0.25) is 25.7 Å². The van der Waals surface area contributed by atoms with Gasteiger partial charge in [-0.05, 0) is 115 Å². The van der Waals surface area contributed by atoms with Crippen molar-refractivity contribution in [3.05, 3.63) is 323 Å². The number of hydrogen-bond donors (Lipinski definition) is 0. The smallest absolute Gasteiger partial charge is 0.338 e. The Balaban J connectivity index is 0.999. The molecule has 0 radical (unpaired) electrons. The Hall–Kier alpha value is -11.8. The molecule has 9 aromatic carbocycles. The molecule has 0 N–H and O–H groups in total. The zero-order chi connectivity index (χ0) is 77.6. The molecule has 3 fully saturated rings. The highest BCUT2D eigenvalue weighted by Gasteiger charge is 2.58. The van der Waals surface area contributed by atoms with E-state index in [9.17, 15) is 38.4 Å². The van der Waals surface area contributed by atoms with Crippen LogP contribution in [-0.2, 0) is 71.1 Å². The summed E-state index contributed by atoms with van der Waals surface area (Å²) in [5.74, 6) is -8.44. The van der Waals surface area contributed by atoms with Gasteiger partial charge in [0, 0.05) is 21.1 Å². The highest BCUT2D eigenvalue weighted by atomic mass is 28.3. The fourth-order valence-electron chi connectivity index (χ4n) is 12.4. The molecular formula is C86H80O24Si. The van der Waals surface area contributed by atoms with Crippen LogP contribution in [0.3, 0.4) is 0 Å². The van der Waals surface area contributed by atoms with Crippen LogP contribution in [0.5, 0.6) is 0 Å². The van der Waals surface area contributed by atoms with E-state index in [1.54, 1.807) is 164 Å². The number of carbonyl (C=O) groups is 9. The van der Waals surface area contributed by atoms with Crippen LogP contribution in [0.1, 0.15) is 99.6 Å². The first-order valence-corrected chi connectivity index (χ1v) is 39.7. The van der Waals surface area contributed by atoms with E-state index >= 15 is 4.79 Å². The largest absolute Gasteiger partial charge is 0.459 e. The van der Waals surface area contributed by atoms with Gasteiger partial charge in [-0.2, -0.15) is 0 Å². The molecule has 0 bridgehead atoms. The van der Waals surface area contributed by atoms with Gasteiger partial charge in [0.15, 0.2) is 49.4 Å². The summed E-state index contributed by atoms with van der Waals surface area (Å²) in [4.78, 5) is 132. The topological polar surface area (TPSA) is 292 Å². The van der Waals surface area contributed by atoms with E-state index < -0.39 is 174 Å². The summed E-state index contributed by atoms with van der Waals surface area (Å²) in [6.07, 6.45) is -25.7. The normalized spacial score (nSPS) is 22.8. The van der Waals surface area contributed by atoms with Crippen LogP contribution in [0.4, 0.5) is 0 Å². The third-order valence-electron chi connectivity index (χ3n) is 18.1. The van der Waals surface area contributed by atoms with Crippen molar-refractivity contribution < 1.29 is 114 Å². The maximum atomic E-state index is 15.0. The molecular weight excluding hydrogens is 1450 g/mol. The molecule has 3 aliphatic heterocycles. The third-order valence-corrected chi connectivity index (χ3v) is 19.8. The Bertz CT molecular complexity index is 4570. The predicted molar refractivity (Wildman–Crippen MR) is 398 cm³/mol. The molecule has 572 valence electrons. The number of hydrogen-bond acceptors (Lipinski definition) is 24. The minimum absolute atomic E-state index is 0.0162. The third kappa shape index (κ3) is 21.4. The molecule has 111 heavy (non-hydrogen) atoms. The molecule has 14 atom stereocenters. The molecule has 0 unspecified atom stereocenters. The number of ether oxygens (including phenoxy) is 15. The number of benzene rings is 9. The van der Waals surface area contributed by atoms with Crippen molar-refractivity contribution in [2.45, 2.75) is 118 Å². The molecule has 3 heterocycles. The lowest BCUT2D eigenvalue weighted by molar-refractivity contribution is -0.360. The predicted octanol–water partition coefficient (Wildman–Crippen LogP) is 12.6. The van der Waals surface area contributed by atoms with Gasteiger partial charge in [0.05, 0.1) is 50.1 Å². The minimum atomic E-state index is -2.11. The second-order valence-corrected chi connectivity index (χ2v) is 32.8. The summed E-state index contributed by atoms with van der Waals surface area (Å²) >= 11 is 0. The van der Waals surface area contributed by atoms with Crippen LogP contribution in [0, 0.1) is 0 Å². The van der Waals surface area contributed by atoms with Crippen molar-refractivity contribution in [3.63, 3.8) is 0 Å². The van der Waals surface area contributed by atoms with E-state index in [1.165, 1.54) is 109 Å². The summed E-state index contributed by atoms with van der Waals surface area (Å²) in [5, 5.41) is 0. The molecule has 3 aliphatic rings. The van der Waals surface area contributed by atoms with Crippen molar-refractivity contribution in [3.8, 4) is 0 Å². The van der Waals surface area contributed by atoms with Gasteiger partial charge in [-0.1, -0.05) is 183 Å². The number of esters is 9. The monoisotopic (exact) mass is 1520 g/mol. The molecule has 0 amide bonds. The van der Waals surface area contributed by atoms with Crippen molar-refractivity contribution in [2.24, 2.45) is 0 Å². The summed E-state index contributed by atoms with van der Waals surface area (Å²) in [6, 6.07) is 71.1. The van der Waals surface area contributed by atoms with Crippen LogP contribution in [-0.4, -0.2) is 174 Å². The molecule has 9 aromatic rings. The van der Waals surface area contributed by atoms with Crippen molar-refractivity contribution in [1.29, 1.82) is 0 Å². The second kappa shape index (κ2) is 38.0. The maximum Gasteiger partial charge on any atom is 0.338 e. The second-order valence-electron chi connectivity index (χ2n) is 27.2. The van der Waals surface area contributed by atoms with Gasteiger partial charge in [-0.25, -0.2) is 43.2 Å². The zero-order valence-corrected chi connectivity index (χ0v) is 61.6. The fourth-order valence-corrected chi connectivity index (χ4v) is 13.1. The van der Waals surface area contributed by atoms with E-state index in [1.807, 2.05) is 0 Å². The summed E-state index contributed by atoms with van der Waals surface area (Å²) in [6.45, 7) is 4.17. The Morgan fingerprint density at radius 3 is 0.883 bits per heavy atom. The quantitative estimate of drug-likeness (QED) is 0.0239. The van der Waals surface area contributed by atoms with E-state index in [2.05, 4.69) is 19.6 Å². The summed E-state index contributed by atoms with van der Waals surface area (Å²) < 4.78 is 98.5. The SMILES string of the molecule is C[Si](C)(C)CCO[C@@H]1O[C@H](COC(=O)c2ccccc2)[C@@H](O[C@H]2C[C@@H](OC(=O)c3ccccc3)[C@@H](O[C@H]3O[C@H](COC(=O)c4ccccc4)[C@H](OC(=O)c4ccccc4)[C@H](OC(=O)c4ccccc4)[C@H]3OC(=O)c3ccccc3)[C@@H](COC(=O)c3ccccc3)O2)[C@H](OC(=O)c2ccccc2)[C@H]1OC(=O)c1ccccc1. The van der Waals surface area contributed by atoms with Gasteiger partial charge in [-0.15, -0.1) is 0 Å². The number of rotatable bonds is 29. The van der Waals surface area contributed by atoms with E-state index in [-0.39, 0.29) is 56.7 Å². The molecule has 0 aromatic heterocycles. The molecule has 0 saturated carbocycles. The van der Waals surface area contributed by atoms with Gasteiger partial charge >= 0.3 is 53.7 Å². The van der Waals surface area contributed by atoms with E-state index in [4.69, 9.17) is 71.1 Å². The minimum Gasteiger partial charge on any atom is -0.459 e. The molecule has 3 saturated heterocycles. The lowest BCUT2D eigenvalue weighted by Crippen LogP contribution is -2.66. The molecule has 12 rings (SSSR count). The van der Waals surface area contributed by atoms with Crippen molar-refractivity contribution in [1.82, 2.24) is 0 Å². The lowest BCUT2D eigenvalue weighted by Gasteiger charge is -2.49. The van der Waals surface area contributed by atoms with Crippen LogP contribution < -0.4 is 0 Å². The molecule has 0 aliphatic carbocycles. The van der Waals surface area contributed by atoms with Crippen LogP contribution >= 0.6 is 0 Å². The maximum absolute atomic E-state index is 15.0.